The van der Waals surface area contributed by atoms with Crippen LogP contribution in [0.15, 0.2) is 81.3 Å². The molecule has 38 heavy (non-hydrogen) atoms. The number of hydrogen-bond donors (Lipinski definition) is 3. The number of ether oxygens (including phenoxy) is 2. The molecule has 4 rings (SSSR count). The number of hydrogen-bond acceptors (Lipinski definition) is 10. The van der Waals surface area contributed by atoms with Crippen molar-refractivity contribution in [1.82, 2.24) is 10.3 Å². The maximum atomic E-state index is 12.9. The van der Waals surface area contributed by atoms with E-state index in [2.05, 4.69) is 15.6 Å². The van der Waals surface area contributed by atoms with E-state index in [0.717, 1.165) is 0 Å². The summed E-state index contributed by atoms with van der Waals surface area (Å²) in [5, 5.41) is 13.9. The molecule has 0 fully saturated rings. The van der Waals surface area contributed by atoms with Crippen LogP contribution in [0.2, 0.25) is 0 Å². The second-order valence-corrected chi connectivity index (χ2v) is 10.8. The molecule has 1 aromatic heterocycles. The molecule has 0 unspecified atom stereocenters. The quantitative estimate of drug-likeness (QED) is 0.371. The van der Waals surface area contributed by atoms with Gasteiger partial charge in [0.1, 0.15) is 0 Å². The van der Waals surface area contributed by atoms with Gasteiger partial charge in [0.15, 0.2) is 5.13 Å². The molecule has 3 aromatic rings. The lowest BCUT2D eigenvalue weighted by molar-refractivity contribution is -0.137. The molecule has 0 bridgehead atoms. The van der Waals surface area contributed by atoms with Crippen molar-refractivity contribution >= 4 is 44.1 Å². The van der Waals surface area contributed by atoms with Crippen molar-refractivity contribution in [3.63, 3.8) is 0 Å². The van der Waals surface area contributed by atoms with Crippen molar-refractivity contribution in [2.45, 2.75) is 24.7 Å². The van der Waals surface area contributed by atoms with Crippen molar-refractivity contribution in [2.24, 2.45) is 5.14 Å². The minimum absolute atomic E-state index is 0.0291. The molecule has 2 aromatic carbocycles. The lowest BCUT2D eigenvalue weighted by Crippen LogP contribution is -2.32. The second kappa shape index (κ2) is 10.8. The number of aromatic nitrogens is 1. The average Bonchev–Trinajstić information content (AvgIpc) is 3.35. The molecule has 0 spiro atoms. The molecule has 0 saturated heterocycles. The predicted molar refractivity (Wildman–Crippen MR) is 144 cm³/mol. The van der Waals surface area contributed by atoms with Gasteiger partial charge in [0.05, 0.1) is 41.9 Å². The Bertz CT molecular complexity index is 1550. The highest BCUT2D eigenvalue weighted by atomic mass is 32.2. The van der Waals surface area contributed by atoms with Gasteiger partial charge in [-0.1, -0.05) is 36.4 Å². The van der Waals surface area contributed by atoms with E-state index in [0.29, 0.717) is 39.0 Å². The van der Waals surface area contributed by atoms with Gasteiger partial charge in [-0.25, -0.2) is 28.1 Å². The SMILES string of the molecule is COC(=O)C1=C(C)NC(C)=C(C(=O)OC)C1c1ccccc1Nc1nc(-c2ccccc2S(N)(=O)=O)cs1. The lowest BCUT2D eigenvalue weighted by Gasteiger charge is -2.31. The molecule has 10 nitrogen and oxygen atoms in total. The van der Waals surface area contributed by atoms with Gasteiger partial charge >= 0.3 is 11.9 Å². The number of para-hydroxylation sites is 1. The van der Waals surface area contributed by atoms with Crippen molar-refractivity contribution in [2.75, 3.05) is 19.5 Å². The summed E-state index contributed by atoms with van der Waals surface area (Å²) in [6.07, 6.45) is 0. The topological polar surface area (TPSA) is 150 Å². The first-order valence-electron chi connectivity index (χ1n) is 11.4. The fraction of sp³-hybridized carbons (Fsp3) is 0.192. The summed E-state index contributed by atoms with van der Waals surface area (Å²) in [4.78, 5) is 30.3. The van der Waals surface area contributed by atoms with Crippen molar-refractivity contribution in [3.8, 4) is 11.3 Å². The van der Waals surface area contributed by atoms with Gasteiger partial charge in [0.2, 0.25) is 10.0 Å². The van der Waals surface area contributed by atoms with E-state index < -0.39 is 27.9 Å². The number of nitrogens with zero attached hydrogens (tertiary/aromatic N) is 1. The maximum absolute atomic E-state index is 12.9. The molecule has 0 radical (unpaired) electrons. The van der Waals surface area contributed by atoms with Gasteiger partial charge in [0.25, 0.3) is 0 Å². The first-order valence-corrected chi connectivity index (χ1v) is 13.8. The first kappa shape index (κ1) is 27.0. The summed E-state index contributed by atoms with van der Waals surface area (Å²) in [5.41, 5.74) is 3.67. The number of carbonyl (C=O) groups is 2. The number of nitrogens with two attached hydrogens (primary N) is 1. The van der Waals surface area contributed by atoms with Crippen LogP contribution in [-0.2, 0) is 29.1 Å². The molecule has 0 saturated carbocycles. The number of rotatable bonds is 7. The van der Waals surface area contributed by atoms with Gasteiger partial charge < -0.3 is 20.1 Å². The third kappa shape index (κ3) is 5.19. The van der Waals surface area contributed by atoms with Gasteiger partial charge in [-0.3, -0.25) is 0 Å². The predicted octanol–water partition coefficient (Wildman–Crippen LogP) is 3.78. The number of thiazole rings is 1. The number of dihydropyridines is 1. The van der Waals surface area contributed by atoms with Crippen LogP contribution in [0, 0.1) is 0 Å². The Hall–Kier alpha value is -4.00. The van der Waals surface area contributed by atoms with E-state index in [9.17, 15) is 18.0 Å². The summed E-state index contributed by atoms with van der Waals surface area (Å²) in [5.74, 6) is -1.96. The number of esters is 2. The average molecular weight is 555 g/mol. The zero-order valence-electron chi connectivity index (χ0n) is 21.1. The Morgan fingerprint density at radius 2 is 1.55 bits per heavy atom. The van der Waals surface area contributed by atoms with Crippen molar-refractivity contribution in [1.29, 1.82) is 0 Å². The fourth-order valence-corrected chi connectivity index (χ4v) is 5.90. The largest absolute Gasteiger partial charge is 0.466 e. The number of primary sulfonamides is 1. The molecule has 2 heterocycles. The number of nitrogens with one attached hydrogen (secondary N) is 2. The number of carbonyl (C=O) groups excluding carboxylic acids is 2. The van der Waals surface area contributed by atoms with Gasteiger partial charge in [-0.05, 0) is 31.5 Å². The molecule has 1 aliphatic rings. The van der Waals surface area contributed by atoms with Crippen molar-refractivity contribution in [3.05, 3.63) is 82.0 Å². The van der Waals surface area contributed by atoms with Crippen molar-refractivity contribution < 1.29 is 27.5 Å². The lowest BCUT2D eigenvalue weighted by atomic mass is 9.79. The number of anilines is 2. The zero-order valence-corrected chi connectivity index (χ0v) is 22.7. The standard InChI is InChI=1S/C26H26N4O6S2/c1-14-21(24(31)35-3)23(22(15(2)28-14)25(32)36-4)17-10-5-7-11-18(17)29-26-30-19(13-37-26)16-9-6-8-12-20(16)38(27,33)34/h5-13,23,28H,1-4H3,(H,29,30)(H2,27,33,34). The molecule has 1 aliphatic heterocycles. The van der Waals surface area contributed by atoms with E-state index in [1.165, 1.54) is 31.6 Å². The molecule has 12 heteroatoms. The fourth-order valence-electron chi connectivity index (χ4n) is 4.43. The molecule has 0 aliphatic carbocycles. The Balaban J connectivity index is 1.80. The second-order valence-electron chi connectivity index (χ2n) is 8.41. The maximum Gasteiger partial charge on any atom is 0.336 e. The highest BCUT2D eigenvalue weighted by molar-refractivity contribution is 7.89. The monoisotopic (exact) mass is 554 g/mol. The normalized spacial score (nSPS) is 14.2. The van der Waals surface area contributed by atoms with Crippen LogP contribution in [0.5, 0.6) is 0 Å². The summed E-state index contributed by atoms with van der Waals surface area (Å²) in [7, 11) is -1.39. The third-order valence-electron chi connectivity index (χ3n) is 6.06. The molecule has 0 amide bonds. The van der Waals surface area contributed by atoms with E-state index in [4.69, 9.17) is 14.6 Å². The smallest absolute Gasteiger partial charge is 0.336 e. The molecular formula is C26H26N4O6S2. The van der Waals surface area contributed by atoms with Crippen LogP contribution in [0.3, 0.4) is 0 Å². The molecule has 4 N–H and O–H groups in total. The molecule has 0 atom stereocenters. The van der Waals surface area contributed by atoms with E-state index in [-0.39, 0.29) is 16.0 Å². The number of methoxy groups -OCH3 is 2. The van der Waals surface area contributed by atoms with E-state index >= 15 is 0 Å². The molecule has 198 valence electrons. The van der Waals surface area contributed by atoms with Gasteiger partial charge in [-0.15, -0.1) is 11.3 Å². The number of allylic oxidation sites excluding steroid dienone is 2. The Morgan fingerprint density at radius 3 is 2.16 bits per heavy atom. The van der Waals surface area contributed by atoms with E-state index in [1.807, 2.05) is 0 Å². The van der Waals surface area contributed by atoms with Crippen LogP contribution in [0.4, 0.5) is 10.8 Å². The highest BCUT2D eigenvalue weighted by Crippen LogP contribution is 2.43. The van der Waals surface area contributed by atoms with Gasteiger partial charge in [0, 0.05) is 28.0 Å². The van der Waals surface area contributed by atoms with Crippen LogP contribution in [-0.4, -0.2) is 39.6 Å². The Morgan fingerprint density at radius 1 is 0.974 bits per heavy atom. The summed E-state index contributed by atoms with van der Waals surface area (Å²) in [6.45, 7) is 3.48. The summed E-state index contributed by atoms with van der Waals surface area (Å²) < 4.78 is 34.2. The minimum Gasteiger partial charge on any atom is -0.466 e. The first-order chi connectivity index (χ1) is 18.1. The summed E-state index contributed by atoms with van der Waals surface area (Å²) in [6, 6.07) is 13.6. The Labute approximate surface area is 224 Å². The number of sulfonamides is 1. The molecular weight excluding hydrogens is 528 g/mol. The van der Waals surface area contributed by atoms with E-state index in [1.54, 1.807) is 61.7 Å². The van der Waals surface area contributed by atoms with Crippen LogP contribution in [0.1, 0.15) is 25.3 Å². The zero-order chi connectivity index (χ0) is 27.6. The van der Waals surface area contributed by atoms with Gasteiger partial charge in [-0.2, -0.15) is 0 Å². The third-order valence-corrected chi connectivity index (χ3v) is 7.78. The Kier molecular flexibility index (Phi) is 7.67. The highest BCUT2D eigenvalue weighted by Gasteiger charge is 2.38. The number of benzene rings is 2. The van der Waals surface area contributed by atoms with Crippen LogP contribution < -0.4 is 15.8 Å². The minimum atomic E-state index is -3.96. The van der Waals surface area contributed by atoms with Crippen LogP contribution in [0.25, 0.3) is 11.3 Å². The van der Waals surface area contributed by atoms with Crippen LogP contribution >= 0.6 is 11.3 Å². The summed E-state index contributed by atoms with van der Waals surface area (Å²) >= 11 is 1.26.